The van der Waals surface area contributed by atoms with Crippen molar-refractivity contribution in [1.29, 1.82) is 5.26 Å². The molecule has 0 aromatic heterocycles. The summed E-state index contributed by atoms with van der Waals surface area (Å²) in [6, 6.07) is 8.94. The molecule has 0 N–H and O–H groups in total. The Labute approximate surface area is 123 Å². The molecule has 1 aliphatic rings. The first kappa shape index (κ1) is 14.9. The molecular weight excluding hydrogens is 270 g/mol. The van der Waals surface area contributed by atoms with Crippen LogP contribution in [-0.4, -0.2) is 54.9 Å². The van der Waals surface area contributed by atoms with Gasteiger partial charge in [0.1, 0.15) is 12.2 Å². The van der Waals surface area contributed by atoms with Gasteiger partial charge in [-0.05, 0) is 12.1 Å². The number of hydrogen-bond acceptors (Lipinski definition) is 4. The third kappa shape index (κ3) is 3.31. The summed E-state index contributed by atoms with van der Waals surface area (Å²) in [6.07, 6.45) is -0.111. The van der Waals surface area contributed by atoms with Crippen LogP contribution in [0, 0.1) is 11.3 Å². The first-order valence-electron chi connectivity index (χ1n) is 6.74. The second kappa shape index (κ2) is 6.75. The van der Waals surface area contributed by atoms with Crippen LogP contribution in [0.1, 0.15) is 16.8 Å². The lowest BCUT2D eigenvalue weighted by molar-refractivity contribution is -0.131. The van der Waals surface area contributed by atoms with Crippen molar-refractivity contribution < 1.29 is 14.3 Å². The fourth-order valence-corrected chi connectivity index (χ4v) is 2.33. The van der Waals surface area contributed by atoms with Crippen LogP contribution < -0.4 is 4.74 Å². The minimum Gasteiger partial charge on any atom is -0.496 e. The van der Waals surface area contributed by atoms with Gasteiger partial charge in [-0.25, -0.2) is 0 Å². The summed E-state index contributed by atoms with van der Waals surface area (Å²) >= 11 is 0. The summed E-state index contributed by atoms with van der Waals surface area (Å²) in [6.45, 7) is 1.85. The molecule has 2 amide bonds. The van der Waals surface area contributed by atoms with Crippen LogP contribution in [0.3, 0.4) is 0 Å². The molecule has 0 saturated carbocycles. The number of carbonyl (C=O) groups excluding carboxylic acids is 2. The maximum atomic E-state index is 12.5. The number of piperazine rings is 1. The molecule has 1 aromatic rings. The Bertz CT molecular complexity index is 572. The van der Waals surface area contributed by atoms with Crippen molar-refractivity contribution in [1.82, 2.24) is 9.80 Å². The van der Waals surface area contributed by atoms with Crippen molar-refractivity contribution in [3.63, 3.8) is 0 Å². The predicted molar refractivity (Wildman–Crippen MR) is 75.7 cm³/mol. The lowest BCUT2D eigenvalue weighted by Gasteiger charge is -2.34. The summed E-state index contributed by atoms with van der Waals surface area (Å²) in [5.41, 5.74) is 0.525. The Hall–Kier alpha value is -2.55. The number of methoxy groups -OCH3 is 1. The van der Waals surface area contributed by atoms with E-state index in [4.69, 9.17) is 10.00 Å². The molecule has 0 radical (unpaired) electrons. The highest BCUT2D eigenvalue weighted by molar-refractivity contribution is 5.97. The molecule has 0 atom stereocenters. The normalized spacial score (nSPS) is 14.5. The van der Waals surface area contributed by atoms with Crippen molar-refractivity contribution >= 4 is 11.8 Å². The average molecular weight is 287 g/mol. The van der Waals surface area contributed by atoms with E-state index in [0.29, 0.717) is 37.5 Å². The van der Waals surface area contributed by atoms with Crippen molar-refractivity contribution in [2.24, 2.45) is 0 Å². The molecule has 1 aliphatic heterocycles. The fraction of sp³-hybridized carbons (Fsp3) is 0.400. The number of benzene rings is 1. The highest BCUT2D eigenvalue weighted by Gasteiger charge is 2.25. The predicted octanol–water partition coefficient (Wildman–Crippen LogP) is 0.893. The molecule has 1 heterocycles. The first-order valence-corrected chi connectivity index (χ1v) is 6.74. The van der Waals surface area contributed by atoms with Gasteiger partial charge in [-0.3, -0.25) is 9.59 Å². The molecule has 110 valence electrons. The zero-order valence-electron chi connectivity index (χ0n) is 11.9. The monoisotopic (exact) mass is 287 g/mol. The van der Waals surface area contributed by atoms with Crippen molar-refractivity contribution in [3.05, 3.63) is 29.8 Å². The number of amides is 2. The Kier molecular flexibility index (Phi) is 4.77. The lowest BCUT2D eigenvalue weighted by atomic mass is 10.1. The summed E-state index contributed by atoms with van der Waals surface area (Å²) in [4.78, 5) is 27.4. The molecule has 0 aliphatic carbocycles. The standard InChI is InChI=1S/C15H17N3O3/c1-21-13-5-3-2-4-12(13)15(20)18-10-8-17(9-11-18)14(19)6-7-16/h2-5H,6,8-11H2,1H3. The quantitative estimate of drug-likeness (QED) is 0.827. The highest BCUT2D eigenvalue weighted by atomic mass is 16.5. The summed E-state index contributed by atoms with van der Waals surface area (Å²) in [5.74, 6) is 0.271. The Morgan fingerprint density at radius 2 is 1.81 bits per heavy atom. The first-order chi connectivity index (χ1) is 10.2. The van der Waals surface area contributed by atoms with Crippen LogP contribution in [0.2, 0.25) is 0 Å². The number of ether oxygens (including phenoxy) is 1. The topological polar surface area (TPSA) is 73.6 Å². The van der Waals surface area contributed by atoms with E-state index in [-0.39, 0.29) is 18.2 Å². The molecule has 6 nitrogen and oxygen atoms in total. The SMILES string of the molecule is COc1ccccc1C(=O)N1CCN(C(=O)CC#N)CC1. The van der Waals surface area contributed by atoms with E-state index < -0.39 is 0 Å². The van der Waals surface area contributed by atoms with Gasteiger partial charge < -0.3 is 14.5 Å². The van der Waals surface area contributed by atoms with Crippen LogP contribution in [0.5, 0.6) is 5.75 Å². The van der Waals surface area contributed by atoms with Gasteiger partial charge in [0.25, 0.3) is 5.91 Å². The fourth-order valence-electron chi connectivity index (χ4n) is 2.33. The molecule has 0 unspecified atom stereocenters. The molecular formula is C15H17N3O3. The maximum absolute atomic E-state index is 12.5. The van der Waals surface area contributed by atoms with Crippen molar-refractivity contribution in [2.45, 2.75) is 6.42 Å². The van der Waals surface area contributed by atoms with Gasteiger partial charge in [0.15, 0.2) is 0 Å². The summed E-state index contributed by atoms with van der Waals surface area (Å²) in [5, 5.41) is 8.54. The van der Waals surface area contributed by atoms with Gasteiger partial charge in [0.05, 0.1) is 18.7 Å². The van der Waals surface area contributed by atoms with Crippen LogP contribution in [0.15, 0.2) is 24.3 Å². The van der Waals surface area contributed by atoms with Crippen LogP contribution in [0.4, 0.5) is 0 Å². The number of nitrogens with zero attached hydrogens (tertiary/aromatic N) is 3. The molecule has 21 heavy (non-hydrogen) atoms. The summed E-state index contributed by atoms with van der Waals surface area (Å²) in [7, 11) is 1.53. The summed E-state index contributed by atoms with van der Waals surface area (Å²) < 4.78 is 5.20. The number of carbonyl (C=O) groups is 2. The molecule has 1 aromatic carbocycles. The third-order valence-corrected chi connectivity index (χ3v) is 3.49. The smallest absolute Gasteiger partial charge is 0.257 e. The van der Waals surface area contributed by atoms with E-state index in [1.807, 2.05) is 12.1 Å². The average Bonchev–Trinajstić information content (AvgIpc) is 2.54. The minimum atomic E-state index is -0.179. The Balaban J connectivity index is 2.01. The van der Waals surface area contributed by atoms with Crippen molar-refractivity contribution in [2.75, 3.05) is 33.3 Å². The van der Waals surface area contributed by atoms with Gasteiger partial charge in [-0.1, -0.05) is 12.1 Å². The Morgan fingerprint density at radius 1 is 1.19 bits per heavy atom. The van der Waals surface area contributed by atoms with Crippen LogP contribution in [-0.2, 0) is 4.79 Å². The molecule has 2 rings (SSSR count). The van der Waals surface area contributed by atoms with Gasteiger partial charge in [-0.15, -0.1) is 0 Å². The number of nitriles is 1. The molecule has 0 spiro atoms. The number of para-hydroxylation sites is 1. The minimum absolute atomic E-state index is 0.0974. The second-order valence-corrected chi connectivity index (χ2v) is 4.71. The molecule has 1 fully saturated rings. The molecule has 0 bridgehead atoms. The Morgan fingerprint density at radius 3 is 2.43 bits per heavy atom. The molecule has 1 saturated heterocycles. The zero-order valence-corrected chi connectivity index (χ0v) is 11.9. The van der Waals surface area contributed by atoms with E-state index in [1.165, 1.54) is 7.11 Å². The van der Waals surface area contributed by atoms with E-state index in [9.17, 15) is 9.59 Å². The van der Waals surface area contributed by atoms with Crippen molar-refractivity contribution in [3.8, 4) is 11.8 Å². The number of rotatable bonds is 3. The van der Waals surface area contributed by atoms with E-state index in [0.717, 1.165) is 0 Å². The van der Waals surface area contributed by atoms with E-state index in [2.05, 4.69) is 0 Å². The number of hydrogen-bond donors (Lipinski definition) is 0. The largest absolute Gasteiger partial charge is 0.496 e. The van der Waals surface area contributed by atoms with E-state index in [1.54, 1.807) is 28.0 Å². The van der Waals surface area contributed by atoms with Gasteiger partial charge in [-0.2, -0.15) is 5.26 Å². The van der Waals surface area contributed by atoms with Crippen LogP contribution in [0.25, 0.3) is 0 Å². The third-order valence-electron chi connectivity index (χ3n) is 3.49. The maximum Gasteiger partial charge on any atom is 0.257 e. The van der Waals surface area contributed by atoms with Crippen LogP contribution >= 0.6 is 0 Å². The second-order valence-electron chi connectivity index (χ2n) is 4.71. The van der Waals surface area contributed by atoms with Gasteiger partial charge in [0, 0.05) is 26.2 Å². The van der Waals surface area contributed by atoms with Gasteiger partial charge >= 0.3 is 0 Å². The molecule has 6 heteroatoms. The lowest BCUT2D eigenvalue weighted by Crippen LogP contribution is -2.50. The zero-order chi connectivity index (χ0) is 15.2. The van der Waals surface area contributed by atoms with E-state index >= 15 is 0 Å². The van der Waals surface area contributed by atoms with Gasteiger partial charge in [0.2, 0.25) is 5.91 Å². The highest BCUT2D eigenvalue weighted by Crippen LogP contribution is 2.20.